The molecular weight excluding hydrogens is 200 g/mol. The van der Waals surface area contributed by atoms with Gasteiger partial charge in [0.05, 0.1) is 0 Å². The Bertz CT molecular complexity index is 589. The van der Waals surface area contributed by atoms with Crippen molar-refractivity contribution in [3.05, 3.63) is 34.4 Å². The normalized spacial score (nSPS) is 17.9. The second kappa shape index (κ2) is 3.24. The van der Waals surface area contributed by atoms with E-state index in [-0.39, 0.29) is 5.56 Å². The molecular formula is C13H16N2O. The summed E-state index contributed by atoms with van der Waals surface area (Å²) in [6, 6.07) is 4.52. The van der Waals surface area contributed by atoms with Crippen molar-refractivity contribution in [1.29, 1.82) is 0 Å². The first-order chi connectivity index (χ1) is 7.66. The van der Waals surface area contributed by atoms with E-state index >= 15 is 0 Å². The number of rotatable bonds is 2. The Kier molecular flexibility index (Phi) is 1.96. The van der Waals surface area contributed by atoms with Crippen molar-refractivity contribution >= 4 is 10.9 Å². The monoisotopic (exact) mass is 216 g/mol. The average Bonchev–Trinajstić information content (AvgIpc) is 2.98. The summed E-state index contributed by atoms with van der Waals surface area (Å²) in [6.07, 6.45) is 4.64. The Morgan fingerprint density at radius 1 is 1.50 bits per heavy atom. The maximum atomic E-state index is 12.0. The van der Waals surface area contributed by atoms with Crippen molar-refractivity contribution in [3.8, 4) is 0 Å². The van der Waals surface area contributed by atoms with E-state index < -0.39 is 0 Å². The molecule has 0 aromatic carbocycles. The van der Waals surface area contributed by atoms with E-state index in [9.17, 15) is 4.79 Å². The molecule has 0 bridgehead atoms. The Hall–Kier alpha value is -1.51. The highest BCUT2D eigenvalue weighted by atomic mass is 16.1. The predicted octanol–water partition coefficient (Wildman–Crippen LogP) is 2.61. The minimum Gasteiger partial charge on any atom is -0.340 e. The van der Waals surface area contributed by atoms with Gasteiger partial charge in [-0.15, -0.1) is 0 Å². The molecule has 2 heterocycles. The fourth-order valence-electron chi connectivity index (χ4n) is 2.48. The lowest BCUT2D eigenvalue weighted by Crippen LogP contribution is -2.15. The van der Waals surface area contributed by atoms with E-state index in [0.717, 1.165) is 22.5 Å². The van der Waals surface area contributed by atoms with Gasteiger partial charge in [-0.1, -0.05) is 0 Å². The minimum atomic E-state index is 0.0347. The fraction of sp³-hybridized carbons (Fsp3) is 0.462. The molecule has 3 heteroatoms. The maximum Gasteiger partial charge on any atom is 0.272 e. The van der Waals surface area contributed by atoms with Gasteiger partial charge in [-0.3, -0.25) is 4.79 Å². The number of aromatic nitrogens is 2. The topological polar surface area (TPSA) is 37.8 Å². The minimum absolute atomic E-state index is 0.0347. The zero-order valence-corrected chi connectivity index (χ0v) is 9.66. The van der Waals surface area contributed by atoms with Gasteiger partial charge < -0.3 is 9.55 Å². The molecule has 1 unspecified atom stereocenters. The lowest BCUT2D eigenvalue weighted by molar-refractivity contribution is 0.499. The second-order valence-corrected chi connectivity index (χ2v) is 4.89. The van der Waals surface area contributed by atoms with Gasteiger partial charge in [0, 0.05) is 23.3 Å². The standard InChI is InChI=1S/C13H16N2O/c1-8-7-11-5-6-15(9(2)10-3-4-10)12(11)13(16)14-8/h5-7,9-10H,3-4H2,1-2H3,(H,14,16). The molecule has 84 valence electrons. The van der Waals surface area contributed by atoms with Crippen molar-refractivity contribution in [2.24, 2.45) is 5.92 Å². The number of nitrogens with one attached hydrogen (secondary N) is 1. The molecule has 1 aliphatic carbocycles. The van der Waals surface area contributed by atoms with Crippen LogP contribution >= 0.6 is 0 Å². The van der Waals surface area contributed by atoms with Crippen molar-refractivity contribution < 1.29 is 0 Å². The Morgan fingerprint density at radius 3 is 2.94 bits per heavy atom. The van der Waals surface area contributed by atoms with Crippen molar-refractivity contribution in [2.45, 2.75) is 32.7 Å². The number of aryl methyl sites for hydroxylation is 1. The van der Waals surface area contributed by atoms with E-state index in [1.807, 2.05) is 25.3 Å². The number of H-pyrrole nitrogens is 1. The Balaban J connectivity index is 2.22. The molecule has 3 rings (SSSR count). The highest BCUT2D eigenvalue weighted by Crippen LogP contribution is 2.40. The molecule has 2 aromatic heterocycles. The van der Waals surface area contributed by atoms with Crippen LogP contribution in [0.2, 0.25) is 0 Å². The van der Waals surface area contributed by atoms with E-state index in [2.05, 4.69) is 16.5 Å². The summed E-state index contributed by atoms with van der Waals surface area (Å²) in [4.78, 5) is 14.8. The highest BCUT2D eigenvalue weighted by Gasteiger charge is 2.29. The van der Waals surface area contributed by atoms with Crippen LogP contribution in [0, 0.1) is 12.8 Å². The molecule has 0 radical (unpaired) electrons. The number of aromatic amines is 1. The summed E-state index contributed by atoms with van der Waals surface area (Å²) in [5.41, 5.74) is 1.78. The maximum absolute atomic E-state index is 12.0. The molecule has 0 saturated heterocycles. The number of pyridine rings is 1. The van der Waals surface area contributed by atoms with Crippen LogP contribution in [0.3, 0.4) is 0 Å². The predicted molar refractivity (Wildman–Crippen MR) is 64.7 cm³/mol. The van der Waals surface area contributed by atoms with Crippen LogP contribution in [0.4, 0.5) is 0 Å². The number of fused-ring (bicyclic) bond motifs is 1. The van der Waals surface area contributed by atoms with Gasteiger partial charge in [0.25, 0.3) is 5.56 Å². The van der Waals surface area contributed by atoms with E-state index in [4.69, 9.17) is 0 Å². The first-order valence-corrected chi connectivity index (χ1v) is 5.87. The van der Waals surface area contributed by atoms with Crippen LogP contribution in [-0.4, -0.2) is 9.55 Å². The zero-order chi connectivity index (χ0) is 11.3. The van der Waals surface area contributed by atoms with Crippen LogP contribution < -0.4 is 5.56 Å². The molecule has 1 fully saturated rings. The van der Waals surface area contributed by atoms with Gasteiger partial charge in [-0.25, -0.2) is 0 Å². The third-order valence-corrected chi connectivity index (χ3v) is 3.59. The quantitative estimate of drug-likeness (QED) is 0.823. The average molecular weight is 216 g/mol. The summed E-state index contributed by atoms with van der Waals surface area (Å²) >= 11 is 0. The van der Waals surface area contributed by atoms with E-state index in [1.165, 1.54) is 12.8 Å². The first-order valence-electron chi connectivity index (χ1n) is 5.87. The number of hydrogen-bond donors (Lipinski definition) is 1. The molecule has 0 spiro atoms. The van der Waals surface area contributed by atoms with E-state index in [0.29, 0.717) is 6.04 Å². The Morgan fingerprint density at radius 2 is 2.25 bits per heavy atom. The summed E-state index contributed by atoms with van der Waals surface area (Å²) in [5, 5.41) is 1.05. The lowest BCUT2D eigenvalue weighted by Gasteiger charge is -2.13. The largest absolute Gasteiger partial charge is 0.340 e. The zero-order valence-electron chi connectivity index (χ0n) is 9.66. The van der Waals surface area contributed by atoms with Gasteiger partial charge in [-0.05, 0) is 44.7 Å². The van der Waals surface area contributed by atoms with Crippen LogP contribution in [0.1, 0.15) is 31.5 Å². The summed E-state index contributed by atoms with van der Waals surface area (Å²) in [7, 11) is 0. The van der Waals surface area contributed by atoms with Crippen molar-refractivity contribution in [1.82, 2.24) is 9.55 Å². The molecule has 3 nitrogen and oxygen atoms in total. The molecule has 2 aromatic rings. The van der Waals surface area contributed by atoms with Gasteiger partial charge in [0.1, 0.15) is 5.52 Å². The summed E-state index contributed by atoms with van der Waals surface area (Å²) < 4.78 is 2.13. The molecule has 1 N–H and O–H groups in total. The SMILES string of the molecule is Cc1cc2ccn(C(C)C3CC3)c2c(=O)[nH]1. The molecule has 1 atom stereocenters. The second-order valence-electron chi connectivity index (χ2n) is 4.89. The van der Waals surface area contributed by atoms with Gasteiger partial charge in [0.15, 0.2) is 0 Å². The third kappa shape index (κ3) is 1.39. The Labute approximate surface area is 94.1 Å². The molecule has 0 aliphatic heterocycles. The molecule has 1 saturated carbocycles. The van der Waals surface area contributed by atoms with Crippen LogP contribution in [0.15, 0.2) is 23.1 Å². The van der Waals surface area contributed by atoms with Gasteiger partial charge >= 0.3 is 0 Å². The smallest absolute Gasteiger partial charge is 0.272 e. The number of hydrogen-bond acceptors (Lipinski definition) is 1. The number of nitrogens with zero attached hydrogens (tertiary/aromatic N) is 1. The molecule has 1 aliphatic rings. The first kappa shape index (κ1) is 9.70. The van der Waals surface area contributed by atoms with Crippen LogP contribution in [0.5, 0.6) is 0 Å². The molecule has 0 amide bonds. The van der Waals surface area contributed by atoms with Crippen LogP contribution in [0.25, 0.3) is 10.9 Å². The summed E-state index contributed by atoms with van der Waals surface area (Å²) in [5.74, 6) is 0.760. The fourth-order valence-corrected chi connectivity index (χ4v) is 2.48. The van der Waals surface area contributed by atoms with Crippen molar-refractivity contribution in [2.75, 3.05) is 0 Å². The van der Waals surface area contributed by atoms with Crippen LogP contribution in [-0.2, 0) is 0 Å². The molecule has 16 heavy (non-hydrogen) atoms. The summed E-state index contributed by atoms with van der Waals surface area (Å²) in [6.45, 7) is 4.12. The highest BCUT2D eigenvalue weighted by molar-refractivity contribution is 5.79. The van der Waals surface area contributed by atoms with Crippen molar-refractivity contribution in [3.63, 3.8) is 0 Å². The van der Waals surface area contributed by atoms with Gasteiger partial charge in [0.2, 0.25) is 0 Å². The van der Waals surface area contributed by atoms with E-state index in [1.54, 1.807) is 0 Å². The third-order valence-electron chi connectivity index (χ3n) is 3.59. The van der Waals surface area contributed by atoms with Gasteiger partial charge in [-0.2, -0.15) is 0 Å². The lowest BCUT2D eigenvalue weighted by atomic mass is 10.2.